The molecule has 0 saturated carbocycles. The zero-order valence-electron chi connectivity index (χ0n) is 12.5. The number of carboxylic acid groups (broad SMARTS) is 1. The van der Waals surface area contributed by atoms with Gasteiger partial charge in [0.2, 0.25) is 0 Å². The van der Waals surface area contributed by atoms with E-state index < -0.39 is 5.97 Å². The summed E-state index contributed by atoms with van der Waals surface area (Å²) in [4.78, 5) is 15.4. The molecule has 1 atom stereocenters. The van der Waals surface area contributed by atoms with Gasteiger partial charge in [-0.15, -0.1) is 0 Å². The number of piperazine rings is 1. The lowest BCUT2D eigenvalue weighted by Gasteiger charge is -2.39. The molecule has 5 heteroatoms. The normalized spacial score (nSPS) is 18.6. The fraction of sp³-hybridized carbons (Fsp3) is 0.562. The smallest absolute Gasteiger partial charge is 0.304 e. The first-order valence-electron chi connectivity index (χ1n) is 7.54. The van der Waals surface area contributed by atoms with Crippen molar-refractivity contribution in [2.24, 2.45) is 0 Å². The van der Waals surface area contributed by atoms with Gasteiger partial charge in [-0.3, -0.25) is 9.69 Å². The number of benzene rings is 1. The summed E-state index contributed by atoms with van der Waals surface area (Å²) in [6.45, 7) is 6.82. The first-order valence-corrected chi connectivity index (χ1v) is 8.33. The van der Waals surface area contributed by atoms with E-state index in [9.17, 15) is 4.79 Å². The van der Waals surface area contributed by atoms with Crippen molar-refractivity contribution in [3.8, 4) is 0 Å². The Bertz CT molecular complexity index is 456. The molecule has 1 heterocycles. The van der Waals surface area contributed by atoms with E-state index in [0.717, 1.165) is 37.1 Å². The third kappa shape index (κ3) is 4.80. The Labute approximate surface area is 134 Å². The third-order valence-corrected chi connectivity index (χ3v) is 4.66. The SMILES string of the molecule is CCC(c1ccc(Br)cc1)N1CCN(CCC(=O)O)CC1. The molecule has 1 saturated heterocycles. The molecule has 1 fully saturated rings. The number of nitrogens with zero attached hydrogens (tertiary/aromatic N) is 2. The highest BCUT2D eigenvalue weighted by Gasteiger charge is 2.23. The monoisotopic (exact) mass is 354 g/mol. The number of halogens is 1. The van der Waals surface area contributed by atoms with Crippen molar-refractivity contribution in [2.45, 2.75) is 25.8 Å². The minimum Gasteiger partial charge on any atom is -0.481 e. The number of rotatable bonds is 6. The van der Waals surface area contributed by atoms with E-state index >= 15 is 0 Å². The lowest BCUT2D eigenvalue weighted by molar-refractivity contribution is -0.137. The van der Waals surface area contributed by atoms with Crippen molar-refractivity contribution in [3.05, 3.63) is 34.3 Å². The van der Waals surface area contributed by atoms with Crippen LogP contribution in [0.15, 0.2) is 28.7 Å². The van der Waals surface area contributed by atoms with Gasteiger partial charge in [0, 0.05) is 43.2 Å². The molecule has 1 unspecified atom stereocenters. The molecule has 0 bridgehead atoms. The Hall–Kier alpha value is -0.910. The average molecular weight is 355 g/mol. The van der Waals surface area contributed by atoms with Crippen molar-refractivity contribution in [3.63, 3.8) is 0 Å². The van der Waals surface area contributed by atoms with Gasteiger partial charge in [0.1, 0.15) is 0 Å². The van der Waals surface area contributed by atoms with Crippen LogP contribution in [-0.2, 0) is 4.79 Å². The van der Waals surface area contributed by atoms with Crippen molar-refractivity contribution < 1.29 is 9.90 Å². The van der Waals surface area contributed by atoms with Crippen LogP contribution < -0.4 is 0 Å². The molecule has 0 aliphatic carbocycles. The molecule has 2 rings (SSSR count). The quantitative estimate of drug-likeness (QED) is 0.852. The summed E-state index contributed by atoms with van der Waals surface area (Å²) in [6.07, 6.45) is 1.33. The maximum absolute atomic E-state index is 10.6. The third-order valence-electron chi connectivity index (χ3n) is 4.13. The maximum atomic E-state index is 10.6. The van der Waals surface area contributed by atoms with E-state index in [1.807, 2.05) is 0 Å². The van der Waals surface area contributed by atoms with Crippen molar-refractivity contribution >= 4 is 21.9 Å². The summed E-state index contributed by atoms with van der Waals surface area (Å²) < 4.78 is 1.11. The molecule has 1 aliphatic rings. The second kappa shape index (κ2) is 7.92. The lowest BCUT2D eigenvalue weighted by Crippen LogP contribution is -2.47. The van der Waals surface area contributed by atoms with E-state index in [0.29, 0.717) is 12.6 Å². The number of carbonyl (C=O) groups is 1. The molecule has 116 valence electrons. The Morgan fingerprint density at radius 3 is 2.38 bits per heavy atom. The summed E-state index contributed by atoms with van der Waals surface area (Å²) >= 11 is 3.48. The topological polar surface area (TPSA) is 43.8 Å². The molecule has 0 amide bonds. The summed E-state index contributed by atoms with van der Waals surface area (Å²) in [5.41, 5.74) is 1.36. The molecule has 1 aromatic carbocycles. The fourth-order valence-corrected chi connectivity index (χ4v) is 3.21. The van der Waals surface area contributed by atoms with Gasteiger partial charge >= 0.3 is 5.97 Å². The maximum Gasteiger partial charge on any atom is 0.304 e. The number of hydrogen-bond donors (Lipinski definition) is 1. The lowest BCUT2D eigenvalue weighted by atomic mass is 10.0. The molecule has 4 nitrogen and oxygen atoms in total. The first kappa shape index (κ1) is 16.5. The molecule has 21 heavy (non-hydrogen) atoms. The first-order chi connectivity index (χ1) is 10.1. The molecule has 0 spiro atoms. The second-order valence-electron chi connectivity index (χ2n) is 5.50. The van der Waals surface area contributed by atoms with Crippen LogP contribution in [0.1, 0.15) is 31.4 Å². The minimum absolute atomic E-state index is 0.240. The Morgan fingerprint density at radius 1 is 1.24 bits per heavy atom. The molecule has 0 radical (unpaired) electrons. The van der Waals surface area contributed by atoms with Crippen LogP contribution >= 0.6 is 15.9 Å². The van der Waals surface area contributed by atoms with Crippen LogP contribution in [0.5, 0.6) is 0 Å². The number of carboxylic acids is 1. The van der Waals surface area contributed by atoms with Crippen LogP contribution in [0.3, 0.4) is 0 Å². The van der Waals surface area contributed by atoms with Crippen molar-refractivity contribution in [1.29, 1.82) is 0 Å². The average Bonchev–Trinajstić information content (AvgIpc) is 2.49. The van der Waals surface area contributed by atoms with Crippen molar-refractivity contribution in [1.82, 2.24) is 9.80 Å². The van der Waals surface area contributed by atoms with Crippen LogP contribution in [-0.4, -0.2) is 53.6 Å². The van der Waals surface area contributed by atoms with Crippen LogP contribution in [0, 0.1) is 0 Å². The summed E-state index contributed by atoms with van der Waals surface area (Å²) in [7, 11) is 0. The van der Waals surface area contributed by atoms with Gasteiger partial charge in [0.05, 0.1) is 6.42 Å². The largest absolute Gasteiger partial charge is 0.481 e. The summed E-state index contributed by atoms with van der Waals surface area (Å²) in [6, 6.07) is 9.03. The van der Waals surface area contributed by atoms with Gasteiger partial charge in [-0.05, 0) is 24.1 Å². The Morgan fingerprint density at radius 2 is 1.86 bits per heavy atom. The van der Waals surface area contributed by atoms with E-state index in [2.05, 4.69) is 56.9 Å². The van der Waals surface area contributed by atoms with Gasteiger partial charge in [-0.2, -0.15) is 0 Å². The fourth-order valence-electron chi connectivity index (χ4n) is 2.94. The summed E-state index contributed by atoms with van der Waals surface area (Å²) in [5.74, 6) is -0.710. The minimum atomic E-state index is -0.710. The van der Waals surface area contributed by atoms with E-state index in [1.165, 1.54) is 5.56 Å². The van der Waals surface area contributed by atoms with Crippen molar-refractivity contribution in [2.75, 3.05) is 32.7 Å². The predicted octanol–water partition coefficient (Wildman–Crippen LogP) is 2.99. The Kier molecular flexibility index (Phi) is 6.21. The molecule has 1 aromatic rings. The standard InChI is InChI=1S/C16H23BrN2O2/c1-2-15(13-3-5-14(17)6-4-13)19-11-9-18(10-12-19)8-7-16(20)21/h3-6,15H,2,7-12H2,1H3,(H,20,21). The zero-order chi connectivity index (χ0) is 15.2. The molecular weight excluding hydrogens is 332 g/mol. The highest BCUT2D eigenvalue weighted by Crippen LogP contribution is 2.26. The van der Waals surface area contributed by atoms with Crippen LogP contribution in [0.2, 0.25) is 0 Å². The second-order valence-corrected chi connectivity index (χ2v) is 6.41. The summed E-state index contributed by atoms with van der Waals surface area (Å²) in [5, 5.41) is 8.75. The van der Waals surface area contributed by atoms with Crippen LogP contribution in [0.4, 0.5) is 0 Å². The van der Waals surface area contributed by atoms with Crippen LogP contribution in [0.25, 0.3) is 0 Å². The molecule has 0 aromatic heterocycles. The van der Waals surface area contributed by atoms with E-state index in [1.54, 1.807) is 0 Å². The Balaban J connectivity index is 1.90. The van der Waals surface area contributed by atoms with Gasteiger partial charge < -0.3 is 10.0 Å². The van der Waals surface area contributed by atoms with Gasteiger partial charge in [0.25, 0.3) is 0 Å². The van der Waals surface area contributed by atoms with E-state index in [4.69, 9.17) is 5.11 Å². The molecule has 1 aliphatic heterocycles. The van der Waals surface area contributed by atoms with E-state index in [-0.39, 0.29) is 6.42 Å². The zero-order valence-corrected chi connectivity index (χ0v) is 14.1. The van der Waals surface area contributed by atoms with Gasteiger partial charge in [-0.1, -0.05) is 35.0 Å². The highest BCUT2D eigenvalue weighted by atomic mass is 79.9. The molecule has 1 N–H and O–H groups in total. The van der Waals surface area contributed by atoms with Gasteiger partial charge in [0.15, 0.2) is 0 Å². The van der Waals surface area contributed by atoms with Gasteiger partial charge in [-0.25, -0.2) is 0 Å². The molecular formula is C16H23BrN2O2. The predicted molar refractivity (Wildman–Crippen MR) is 87.4 cm³/mol. The number of aliphatic carboxylic acids is 1. The number of hydrogen-bond acceptors (Lipinski definition) is 3. The highest BCUT2D eigenvalue weighted by molar-refractivity contribution is 9.10.